The van der Waals surface area contributed by atoms with Crippen LogP contribution < -0.4 is 0 Å². The third-order valence-electron chi connectivity index (χ3n) is 5.62. The summed E-state index contributed by atoms with van der Waals surface area (Å²) >= 11 is 0. The van der Waals surface area contributed by atoms with Gasteiger partial charge in [0.1, 0.15) is 0 Å². The summed E-state index contributed by atoms with van der Waals surface area (Å²) in [5.74, 6) is 3.45. The number of hydrogen-bond donors (Lipinski definition) is 0. The van der Waals surface area contributed by atoms with Crippen molar-refractivity contribution < 1.29 is 8.42 Å². The van der Waals surface area contributed by atoms with E-state index in [-0.39, 0.29) is 0 Å². The van der Waals surface area contributed by atoms with Gasteiger partial charge >= 0.3 is 0 Å². The van der Waals surface area contributed by atoms with E-state index in [0.29, 0.717) is 29.9 Å². The van der Waals surface area contributed by atoms with Gasteiger partial charge in [-0.2, -0.15) is 4.31 Å². The van der Waals surface area contributed by atoms with Gasteiger partial charge in [-0.1, -0.05) is 12.1 Å². The van der Waals surface area contributed by atoms with E-state index in [4.69, 9.17) is 6.42 Å². The summed E-state index contributed by atoms with van der Waals surface area (Å²) in [7, 11) is -3.36. The lowest BCUT2D eigenvalue weighted by atomic mass is 9.92. The normalized spacial score (nSPS) is 21.9. The molecule has 5 heteroatoms. The number of terminal acetylenes is 1. The van der Waals surface area contributed by atoms with Crippen molar-refractivity contribution in [3.8, 4) is 12.3 Å². The molecule has 2 fully saturated rings. The molecule has 4 nitrogen and oxygen atoms in total. The van der Waals surface area contributed by atoms with Gasteiger partial charge in [0.05, 0.1) is 4.90 Å². The van der Waals surface area contributed by atoms with Crippen LogP contribution in [0, 0.1) is 25.2 Å². The van der Waals surface area contributed by atoms with Gasteiger partial charge in [0, 0.05) is 25.6 Å². The Labute approximate surface area is 152 Å². The largest absolute Gasteiger partial charge is 0.300 e. The molecule has 0 radical (unpaired) electrons. The monoisotopic (exact) mass is 360 g/mol. The minimum Gasteiger partial charge on any atom is -0.300 e. The van der Waals surface area contributed by atoms with Crippen LogP contribution in [0.15, 0.2) is 29.2 Å². The first-order chi connectivity index (χ1) is 12.0. The Hall–Kier alpha value is -1.35. The van der Waals surface area contributed by atoms with Crippen LogP contribution in [0.3, 0.4) is 0 Å². The average molecular weight is 361 g/mol. The number of hydrogen-bond acceptors (Lipinski definition) is 3. The third-order valence-corrected chi connectivity index (χ3v) is 7.52. The van der Waals surface area contributed by atoms with Gasteiger partial charge in [-0.25, -0.2) is 8.42 Å². The highest BCUT2D eigenvalue weighted by Crippen LogP contribution is 2.27. The second kappa shape index (κ2) is 7.90. The van der Waals surface area contributed by atoms with E-state index in [2.05, 4.69) is 10.8 Å². The van der Waals surface area contributed by atoms with E-state index < -0.39 is 10.0 Å². The van der Waals surface area contributed by atoms with Crippen LogP contribution in [0.4, 0.5) is 0 Å². The molecule has 0 amide bonds. The molecule has 0 spiro atoms. The SMILES string of the molecule is C#CCC1CCN(C2CCN(S(=O)(=O)c3cccc(C)c3)CC2)CC1. The van der Waals surface area contributed by atoms with Gasteiger partial charge in [-0.15, -0.1) is 12.3 Å². The van der Waals surface area contributed by atoms with Crippen molar-refractivity contribution >= 4 is 10.0 Å². The minimum absolute atomic E-state index is 0.418. The summed E-state index contributed by atoms with van der Waals surface area (Å²) < 4.78 is 27.3. The molecule has 2 aliphatic rings. The molecule has 0 unspecified atom stereocenters. The Morgan fingerprint density at radius 1 is 1.12 bits per heavy atom. The van der Waals surface area contributed by atoms with E-state index in [1.807, 2.05) is 19.1 Å². The predicted octanol–water partition coefficient (Wildman–Crippen LogP) is 2.88. The number of nitrogens with zero attached hydrogens (tertiary/aromatic N) is 2. The molecule has 0 aromatic heterocycles. The third kappa shape index (κ3) is 4.25. The molecule has 1 aromatic carbocycles. The zero-order chi connectivity index (χ0) is 17.9. The van der Waals surface area contributed by atoms with E-state index in [1.54, 1.807) is 16.4 Å². The second-order valence-corrected chi connectivity index (χ2v) is 9.28. The average Bonchev–Trinajstić information content (AvgIpc) is 2.63. The Bertz CT molecular complexity index is 722. The molecule has 0 aliphatic carbocycles. The number of likely N-dealkylation sites (tertiary alicyclic amines) is 1. The lowest BCUT2D eigenvalue weighted by molar-refractivity contribution is 0.0980. The Morgan fingerprint density at radius 2 is 1.80 bits per heavy atom. The number of sulfonamides is 1. The van der Waals surface area contributed by atoms with Crippen molar-refractivity contribution in [3.63, 3.8) is 0 Å². The molecule has 136 valence electrons. The predicted molar refractivity (Wildman–Crippen MR) is 101 cm³/mol. The molecule has 2 heterocycles. The topological polar surface area (TPSA) is 40.6 Å². The van der Waals surface area contributed by atoms with Crippen molar-refractivity contribution in [1.82, 2.24) is 9.21 Å². The van der Waals surface area contributed by atoms with Crippen molar-refractivity contribution in [2.75, 3.05) is 26.2 Å². The van der Waals surface area contributed by atoms with Crippen molar-refractivity contribution in [1.29, 1.82) is 0 Å². The van der Waals surface area contributed by atoms with Gasteiger partial charge in [0.2, 0.25) is 10.0 Å². The summed E-state index contributed by atoms with van der Waals surface area (Å²) in [6, 6.07) is 7.71. The quantitative estimate of drug-likeness (QED) is 0.775. The number of rotatable bonds is 4. The molecule has 3 rings (SSSR count). The fourth-order valence-electron chi connectivity index (χ4n) is 4.06. The van der Waals surface area contributed by atoms with Crippen LogP contribution in [0.2, 0.25) is 0 Å². The fraction of sp³-hybridized carbons (Fsp3) is 0.600. The standard InChI is InChI=1S/C20H28N2O2S/c1-3-5-18-8-12-21(13-9-18)19-10-14-22(15-11-19)25(23,24)20-7-4-6-17(2)16-20/h1,4,6-7,16,18-19H,5,8-15H2,2H3. The Morgan fingerprint density at radius 3 is 2.40 bits per heavy atom. The van der Waals surface area contributed by atoms with E-state index >= 15 is 0 Å². The summed E-state index contributed by atoms with van der Waals surface area (Å²) in [6.45, 7) is 5.36. The van der Waals surface area contributed by atoms with Gasteiger partial charge in [-0.05, 0) is 69.3 Å². The molecule has 0 saturated carbocycles. The first kappa shape index (κ1) is 18.4. The van der Waals surface area contributed by atoms with Gasteiger partial charge < -0.3 is 4.90 Å². The van der Waals surface area contributed by atoms with Gasteiger partial charge in [0.15, 0.2) is 0 Å². The zero-order valence-electron chi connectivity index (χ0n) is 15.0. The maximum Gasteiger partial charge on any atom is 0.243 e. The van der Waals surface area contributed by atoms with Crippen LogP contribution in [0.1, 0.15) is 37.7 Å². The van der Waals surface area contributed by atoms with E-state index in [1.165, 1.54) is 12.8 Å². The molecule has 2 saturated heterocycles. The van der Waals surface area contributed by atoms with E-state index in [9.17, 15) is 8.42 Å². The van der Waals surface area contributed by atoms with Crippen molar-refractivity contribution in [2.24, 2.45) is 5.92 Å². The Balaban J connectivity index is 1.56. The highest BCUT2D eigenvalue weighted by atomic mass is 32.2. The molecule has 0 N–H and O–H groups in total. The van der Waals surface area contributed by atoms with Crippen LogP contribution >= 0.6 is 0 Å². The van der Waals surface area contributed by atoms with Crippen LogP contribution in [-0.4, -0.2) is 49.8 Å². The summed E-state index contributed by atoms with van der Waals surface area (Å²) in [5, 5.41) is 0. The molecule has 1 aromatic rings. The lowest BCUT2D eigenvalue weighted by Gasteiger charge is -2.41. The highest BCUT2D eigenvalue weighted by molar-refractivity contribution is 7.89. The summed E-state index contributed by atoms with van der Waals surface area (Å²) in [5.41, 5.74) is 0.978. The maximum absolute atomic E-state index is 12.8. The van der Waals surface area contributed by atoms with Crippen LogP contribution in [-0.2, 0) is 10.0 Å². The van der Waals surface area contributed by atoms with Crippen LogP contribution in [0.25, 0.3) is 0 Å². The van der Waals surface area contributed by atoms with Crippen molar-refractivity contribution in [3.05, 3.63) is 29.8 Å². The smallest absolute Gasteiger partial charge is 0.243 e. The lowest BCUT2D eigenvalue weighted by Crippen LogP contribution is -2.48. The summed E-state index contributed by atoms with van der Waals surface area (Å²) in [4.78, 5) is 2.96. The first-order valence-corrected chi connectivity index (χ1v) is 10.7. The first-order valence-electron chi connectivity index (χ1n) is 9.25. The highest BCUT2D eigenvalue weighted by Gasteiger charge is 2.32. The maximum atomic E-state index is 12.8. The molecular weight excluding hydrogens is 332 g/mol. The summed E-state index contributed by atoms with van der Waals surface area (Å²) in [6.07, 6.45) is 10.5. The molecule has 25 heavy (non-hydrogen) atoms. The fourth-order valence-corrected chi connectivity index (χ4v) is 5.64. The molecule has 0 atom stereocenters. The Kier molecular flexibility index (Phi) is 5.83. The van der Waals surface area contributed by atoms with E-state index in [0.717, 1.165) is 37.9 Å². The molecule has 2 aliphatic heterocycles. The van der Waals surface area contributed by atoms with Crippen LogP contribution in [0.5, 0.6) is 0 Å². The zero-order valence-corrected chi connectivity index (χ0v) is 15.8. The second-order valence-electron chi connectivity index (χ2n) is 7.34. The molecular formula is C20H28N2O2S. The van der Waals surface area contributed by atoms with Crippen molar-refractivity contribution in [2.45, 2.75) is 50.0 Å². The number of piperidine rings is 2. The van der Waals surface area contributed by atoms with Gasteiger partial charge in [0.25, 0.3) is 0 Å². The number of benzene rings is 1. The molecule has 0 bridgehead atoms. The minimum atomic E-state index is -3.36. The van der Waals surface area contributed by atoms with Gasteiger partial charge in [-0.3, -0.25) is 0 Å². The number of aryl methyl sites for hydroxylation is 1.